The molecule has 0 saturated carbocycles. The van der Waals surface area contributed by atoms with Crippen molar-refractivity contribution < 1.29 is 4.79 Å². The number of fused-ring (bicyclic) bond motifs is 1. The Bertz CT molecular complexity index is 662. The minimum absolute atomic E-state index is 0.0780. The van der Waals surface area contributed by atoms with Crippen LogP contribution in [-0.2, 0) is 4.79 Å². The lowest BCUT2D eigenvalue weighted by Crippen LogP contribution is -2.05. The normalized spacial score (nSPS) is 15.2. The Morgan fingerprint density at radius 1 is 1.05 bits per heavy atom. The van der Waals surface area contributed by atoms with E-state index in [0.717, 1.165) is 21.4 Å². The highest BCUT2D eigenvalue weighted by Crippen LogP contribution is 2.31. The van der Waals surface area contributed by atoms with Crippen LogP contribution < -0.4 is 10.6 Å². The van der Waals surface area contributed by atoms with Gasteiger partial charge in [0.05, 0.1) is 5.57 Å². The number of benzene rings is 2. The quantitative estimate of drug-likeness (QED) is 0.827. The summed E-state index contributed by atoms with van der Waals surface area (Å²) in [6.45, 7) is 0. The minimum atomic E-state index is -0.0780. The van der Waals surface area contributed by atoms with Gasteiger partial charge in [0.2, 0.25) is 0 Å². The van der Waals surface area contributed by atoms with Crippen molar-refractivity contribution in [3.05, 3.63) is 64.8 Å². The van der Waals surface area contributed by atoms with E-state index in [9.17, 15) is 4.79 Å². The van der Waals surface area contributed by atoms with Gasteiger partial charge in [0.1, 0.15) is 0 Å². The van der Waals surface area contributed by atoms with E-state index in [0.29, 0.717) is 5.57 Å². The van der Waals surface area contributed by atoms with Crippen molar-refractivity contribution in [2.75, 3.05) is 10.6 Å². The van der Waals surface area contributed by atoms with Gasteiger partial charge < -0.3 is 10.6 Å². The lowest BCUT2D eigenvalue weighted by molar-refractivity contribution is -0.110. The number of para-hydroxylation sites is 1. The van der Waals surface area contributed by atoms with Gasteiger partial charge in [-0.3, -0.25) is 4.79 Å². The van der Waals surface area contributed by atoms with Crippen LogP contribution in [0.4, 0.5) is 11.4 Å². The first-order valence-electron chi connectivity index (χ1n) is 5.87. The van der Waals surface area contributed by atoms with E-state index in [1.54, 1.807) is 6.20 Å². The molecule has 1 amide bonds. The second-order valence-electron chi connectivity index (χ2n) is 4.21. The zero-order valence-corrected chi connectivity index (χ0v) is 11.6. The maximum absolute atomic E-state index is 11.9. The van der Waals surface area contributed by atoms with Gasteiger partial charge in [-0.1, -0.05) is 34.1 Å². The highest BCUT2D eigenvalue weighted by Gasteiger charge is 2.23. The van der Waals surface area contributed by atoms with E-state index in [2.05, 4.69) is 26.6 Å². The van der Waals surface area contributed by atoms with Gasteiger partial charge in [-0.2, -0.15) is 0 Å². The summed E-state index contributed by atoms with van der Waals surface area (Å²) in [7, 11) is 0. The second-order valence-corrected chi connectivity index (χ2v) is 5.12. The van der Waals surface area contributed by atoms with E-state index >= 15 is 0 Å². The predicted octanol–water partition coefficient (Wildman–Crippen LogP) is 3.85. The van der Waals surface area contributed by atoms with E-state index < -0.39 is 0 Å². The summed E-state index contributed by atoms with van der Waals surface area (Å²) in [5.41, 5.74) is 3.37. The molecule has 0 spiro atoms. The van der Waals surface area contributed by atoms with E-state index in [1.165, 1.54) is 0 Å². The molecule has 0 bridgehead atoms. The molecule has 0 atom stereocenters. The molecule has 2 aromatic carbocycles. The first-order valence-corrected chi connectivity index (χ1v) is 6.66. The largest absolute Gasteiger partial charge is 0.361 e. The number of hydrogen-bond acceptors (Lipinski definition) is 2. The molecule has 3 nitrogen and oxygen atoms in total. The Morgan fingerprint density at radius 2 is 1.79 bits per heavy atom. The van der Waals surface area contributed by atoms with E-state index in [1.807, 2.05) is 48.5 Å². The van der Waals surface area contributed by atoms with Crippen molar-refractivity contribution in [3.63, 3.8) is 0 Å². The molecule has 1 aliphatic rings. The van der Waals surface area contributed by atoms with Crippen LogP contribution in [0, 0.1) is 0 Å². The number of hydrogen-bond donors (Lipinski definition) is 2. The van der Waals surface area contributed by atoms with Crippen molar-refractivity contribution in [1.29, 1.82) is 0 Å². The number of halogens is 1. The number of amides is 1. The molecule has 0 fully saturated rings. The summed E-state index contributed by atoms with van der Waals surface area (Å²) in [6.07, 6.45) is 1.74. The molecule has 2 aromatic rings. The van der Waals surface area contributed by atoms with Crippen LogP contribution in [0.15, 0.2) is 59.2 Å². The second kappa shape index (κ2) is 4.90. The van der Waals surface area contributed by atoms with Gasteiger partial charge >= 0.3 is 0 Å². The Morgan fingerprint density at radius 3 is 2.58 bits per heavy atom. The van der Waals surface area contributed by atoms with Crippen LogP contribution >= 0.6 is 15.9 Å². The van der Waals surface area contributed by atoms with Crippen molar-refractivity contribution in [3.8, 4) is 0 Å². The highest BCUT2D eigenvalue weighted by molar-refractivity contribution is 9.10. The third kappa shape index (κ3) is 2.39. The van der Waals surface area contributed by atoms with Crippen molar-refractivity contribution in [2.24, 2.45) is 0 Å². The van der Waals surface area contributed by atoms with Crippen molar-refractivity contribution in [1.82, 2.24) is 0 Å². The van der Waals surface area contributed by atoms with Crippen molar-refractivity contribution in [2.45, 2.75) is 0 Å². The van der Waals surface area contributed by atoms with Gasteiger partial charge in [-0.05, 0) is 30.3 Å². The molecule has 0 aromatic heterocycles. The lowest BCUT2D eigenvalue weighted by Gasteiger charge is -2.02. The van der Waals surface area contributed by atoms with Crippen LogP contribution in [-0.4, -0.2) is 5.91 Å². The molecular formula is C15H11BrN2O. The molecule has 3 rings (SSSR count). The van der Waals surface area contributed by atoms with Crippen LogP contribution in [0.5, 0.6) is 0 Å². The summed E-state index contributed by atoms with van der Waals surface area (Å²) in [4.78, 5) is 11.9. The van der Waals surface area contributed by atoms with Crippen molar-refractivity contribution >= 4 is 38.8 Å². The monoisotopic (exact) mass is 314 g/mol. The van der Waals surface area contributed by atoms with Gasteiger partial charge in [-0.15, -0.1) is 0 Å². The Hall–Kier alpha value is -2.07. The third-order valence-electron chi connectivity index (χ3n) is 2.94. The molecule has 19 heavy (non-hydrogen) atoms. The molecule has 0 radical (unpaired) electrons. The molecule has 4 heteroatoms. The number of carbonyl (C=O) groups is 1. The fraction of sp³-hybridized carbons (Fsp3) is 0. The molecule has 1 heterocycles. The topological polar surface area (TPSA) is 41.1 Å². The Kier molecular flexibility index (Phi) is 3.09. The smallest absolute Gasteiger partial charge is 0.257 e. The number of nitrogens with one attached hydrogen (secondary N) is 2. The average molecular weight is 315 g/mol. The summed E-state index contributed by atoms with van der Waals surface area (Å²) in [5.74, 6) is -0.0780. The van der Waals surface area contributed by atoms with Crippen LogP contribution in [0.2, 0.25) is 0 Å². The van der Waals surface area contributed by atoms with Gasteiger partial charge in [0.15, 0.2) is 0 Å². The summed E-state index contributed by atoms with van der Waals surface area (Å²) < 4.78 is 1.02. The fourth-order valence-corrected chi connectivity index (χ4v) is 2.25. The standard InChI is InChI=1S/C15H11BrN2O/c16-10-5-7-11(8-6-10)17-9-13-12-3-1-2-4-14(12)18-15(13)19/h1-9,17H,(H,18,19)/b13-9-. The zero-order chi connectivity index (χ0) is 13.2. The zero-order valence-electron chi connectivity index (χ0n) is 9.98. The van der Waals surface area contributed by atoms with E-state index in [4.69, 9.17) is 0 Å². The predicted molar refractivity (Wildman–Crippen MR) is 80.8 cm³/mol. The SMILES string of the molecule is O=C1Nc2ccccc2/C1=C/Nc1ccc(Br)cc1. The summed E-state index contributed by atoms with van der Waals surface area (Å²) >= 11 is 3.39. The molecule has 1 aliphatic heterocycles. The average Bonchev–Trinajstić information content (AvgIpc) is 2.74. The Balaban J connectivity index is 1.88. The molecule has 94 valence electrons. The first kappa shape index (κ1) is 12.0. The maximum Gasteiger partial charge on any atom is 0.257 e. The molecule has 2 N–H and O–H groups in total. The molecule has 0 aliphatic carbocycles. The van der Waals surface area contributed by atoms with Crippen LogP contribution in [0.3, 0.4) is 0 Å². The lowest BCUT2D eigenvalue weighted by atomic mass is 10.1. The van der Waals surface area contributed by atoms with Crippen LogP contribution in [0.1, 0.15) is 5.56 Å². The third-order valence-corrected chi connectivity index (χ3v) is 3.47. The highest BCUT2D eigenvalue weighted by atomic mass is 79.9. The first-order chi connectivity index (χ1) is 9.24. The molecular weight excluding hydrogens is 304 g/mol. The summed E-state index contributed by atoms with van der Waals surface area (Å²) in [5, 5.41) is 5.98. The minimum Gasteiger partial charge on any atom is -0.361 e. The maximum atomic E-state index is 11.9. The molecule has 0 saturated heterocycles. The van der Waals surface area contributed by atoms with Gasteiger partial charge in [-0.25, -0.2) is 0 Å². The number of carbonyl (C=O) groups excluding carboxylic acids is 1. The number of anilines is 2. The van der Waals surface area contributed by atoms with E-state index in [-0.39, 0.29) is 5.91 Å². The Labute approximate surface area is 119 Å². The summed E-state index contributed by atoms with van der Waals surface area (Å²) in [6, 6.07) is 15.4. The fourth-order valence-electron chi connectivity index (χ4n) is 1.98. The molecule has 0 unspecified atom stereocenters. The van der Waals surface area contributed by atoms with Crippen LogP contribution in [0.25, 0.3) is 5.57 Å². The van der Waals surface area contributed by atoms with Gasteiger partial charge in [0, 0.05) is 27.6 Å². The number of rotatable bonds is 2. The van der Waals surface area contributed by atoms with Gasteiger partial charge in [0.25, 0.3) is 5.91 Å².